The summed E-state index contributed by atoms with van der Waals surface area (Å²) in [6, 6.07) is 0.279. The van der Waals surface area contributed by atoms with Crippen molar-refractivity contribution in [2.75, 3.05) is 26.2 Å². The second kappa shape index (κ2) is 6.71. The number of amides is 1. The Balaban J connectivity index is 1.73. The molecule has 0 bridgehead atoms. The van der Waals surface area contributed by atoms with Crippen LogP contribution in [0.4, 0.5) is 0 Å². The maximum atomic E-state index is 12.2. The van der Waals surface area contributed by atoms with Gasteiger partial charge in [-0.1, -0.05) is 19.3 Å². The third kappa shape index (κ3) is 4.18. The summed E-state index contributed by atoms with van der Waals surface area (Å²) in [6.07, 6.45) is 5.53. The quantitative estimate of drug-likeness (QED) is 0.821. The van der Waals surface area contributed by atoms with Crippen LogP contribution in [0.25, 0.3) is 0 Å². The molecule has 1 aliphatic heterocycles. The van der Waals surface area contributed by atoms with Crippen molar-refractivity contribution in [3.63, 3.8) is 0 Å². The van der Waals surface area contributed by atoms with Crippen LogP contribution >= 0.6 is 0 Å². The molecule has 1 saturated heterocycles. The number of aliphatic hydroxyl groups is 1. The lowest BCUT2D eigenvalue weighted by atomic mass is 9.82. The van der Waals surface area contributed by atoms with Crippen LogP contribution in [-0.2, 0) is 4.79 Å². The van der Waals surface area contributed by atoms with Gasteiger partial charge in [-0.25, -0.2) is 0 Å². The minimum absolute atomic E-state index is 0.279. The van der Waals surface area contributed by atoms with E-state index in [0.29, 0.717) is 12.5 Å². The zero-order chi connectivity index (χ0) is 13.8. The third-order valence-electron chi connectivity index (χ3n) is 4.55. The lowest BCUT2D eigenvalue weighted by Gasteiger charge is -2.40. The summed E-state index contributed by atoms with van der Waals surface area (Å²) in [7, 11) is 0. The zero-order valence-corrected chi connectivity index (χ0v) is 12.3. The zero-order valence-electron chi connectivity index (χ0n) is 12.3. The predicted octanol–water partition coefficient (Wildman–Crippen LogP) is 1.48. The summed E-state index contributed by atoms with van der Waals surface area (Å²) in [5.74, 6) is 1.15. The van der Waals surface area contributed by atoms with E-state index < -0.39 is 0 Å². The standard InChI is InChI=1S/C15H28N2O2/c1-12-10-16(11-13(2)18)8-9-17(12)15(19)7-6-14-4-3-5-14/h12-14,18H,3-11H2,1-2H3. The Morgan fingerprint density at radius 1 is 1.37 bits per heavy atom. The molecule has 2 aliphatic rings. The number of hydrogen-bond donors (Lipinski definition) is 1. The second-order valence-electron chi connectivity index (χ2n) is 6.38. The van der Waals surface area contributed by atoms with Crippen molar-refractivity contribution in [2.24, 2.45) is 5.92 Å². The van der Waals surface area contributed by atoms with E-state index in [0.717, 1.165) is 38.4 Å². The first-order valence-electron chi connectivity index (χ1n) is 7.76. The first-order chi connectivity index (χ1) is 9.06. The van der Waals surface area contributed by atoms with Crippen LogP contribution in [-0.4, -0.2) is 59.1 Å². The summed E-state index contributed by atoms with van der Waals surface area (Å²) in [6.45, 7) is 7.26. The van der Waals surface area contributed by atoms with Gasteiger partial charge in [-0.2, -0.15) is 0 Å². The normalized spacial score (nSPS) is 27.1. The molecule has 0 aromatic rings. The minimum Gasteiger partial charge on any atom is -0.392 e. The number of β-amino-alcohol motifs (C(OH)–C–C–N with tert-alkyl or cyclic N) is 1. The van der Waals surface area contributed by atoms with E-state index >= 15 is 0 Å². The molecule has 0 radical (unpaired) electrons. The molecule has 2 rings (SSSR count). The maximum Gasteiger partial charge on any atom is 0.222 e. The lowest BCUT2D eigenvalue weighted by molar-refractivity contribution is -0.136. The van der Waals surface area contributed by atoms with E-state index in [9.17, 15) is 9.90 Å². The molecule has 1 N–H and O–H groups in total. The molecule has 19 heavy (non-hydrogen) atoms. The molecule has 1 amide bonds. The first-order valence-corrected chi connectivity index (χ1v) is 7.76. The molecule has 1 aliphatic carbocycles. The van der Waals surface area contributed by atoms with Gasteiger partial charge in [0.05, 0.1) is 6.10 Å². The lowest BCUT2D eigenvalue weighted by Crippen LogP contribution is -2.55. The number of carbonyl (C=O) groups excluding carboxylic acids is 1. The highest BCUT2D eigenvalue weighted by atomic mass is 16.3. The van der Waals surface area contributed by atoms with E-state index in [2.05, 4.69) is 11.8 Å². The van der Waals surface area contributed by atoms with E-state index in [1.165, 1.54) is 19.3 Å². The Morgan fingerprint density at radius 2 is 2.11 bits per heavy atom. The Bertz CT molecular complexity index is 303. The highest BCUT2D eigenvalue weighted by molar-refractivity contribution is 5.76. The van der Waals surface area contributed by atoms with Crippen molar-refractivity contribution in [3.8, 4) is 0 Å². The number of piperazine rings is 1. The van der Waals surface area contributed by atoms with Crippen LogP contribution in [0.1, 0.15) is 46.0 Å². The van der Waals surface area contributed by atoms with E-state index in [4.69, 9.17) is 0 Å². The Hall–Kier alpha value is -0.610. The van der Waals surface area contributed by atoms with Gasteiger partial charge in [-0.05, 0) is 26.2 Å². The van der Waals surface area contributed by atoms with Gasteiger partial charge in [0.25, 0.3) is 0 Å². The Kier molecular flexibility index (Phi) is 5.22. The minimum atomic E-state index is -0.284. The highest BCUT2D eigenvalue weighted by Crippen LogP contribution is 2.30. The monoisotopic (exact) mass is 268 g/mol. The molecule has 4 nitrogen and oxygen atoms in total. The molecule has 0 aromatic carbocycles. The fraction of sp³-hybridized carbons (Fsp3) is 0.933. The molecule has 0 spiro atoms. The maximum absolute atomic E-state index is 12.2. The largest absolute Gasteiger partial charge is 0.392 e. The van der Waals surface area contributed by atoms with Gasteiger partial charge in [0, 0.05) is 38.6 Å². The van der Waals surface area contributed by atoms with Gasteiger partial charge in [-0.15, -0.1) is 0 Å². The van der Waals surface area contributed by atoms with Crippen molar-refractivity contribution < 1.29 is 9.90 Å². The number of hydrogen-bond acceptors (Lipinski definition) is 3. The molecule has 110 valence electrons. The van der Waals surface area contributed by atoms with Gasteiger partial charge in [0.1, 0.15) is 0 Å². The summed E-state index contributed by atoms with van der Waals surface area (Å²) < 4.78 is 0. The molecular formula is C15H28N2O2. The van der Waals surface area contributed by atoms with Crippen LogP contribution in [0.15, 0.2) is 0 Å². The molecule has 4 heteroatoms. The van der Waals surface area contributed by atoms with Crippen molar-refractivity contribution in [1.82, 2.24) is 9.80 Å². The van der Waals surface area contributed by atoms with E-state index in [-0.39, 0.29) is 12.1 Å². The van der Waals surface area contributed by atoms with Crippen molar-refractivity contribution >= 4 is 5.91 Å². The van der Waals surface area contributed by atoms with Gasteiger partial charge in [0.2, 0.25) is 5.91 Å². The molecule has 2 fully saturated rings. The van der Waals surface area contributed by atoms with E-state index in [1.54, 1.807) is 0 Å². The number of aliphatic hydroxyl groups excluding tert-OH is 1. The summed E-state index contributed by atoms with van der Waals surface area (Å²) in [5.41, 5.74) is 0. The molecule has 1 heterocycles. The van der Waals surface area contributed by atoms with Gasteiger partial charge >= 0.3 is 0 Å². The number of rotatable bonds is 5. The van der Waals surface area contributed by atoms with Crippen LogP contribution < -0.4 is 0 Å². The topological polar surface area (TPSA) is 43.8 Å². The first kappa shape index (κ1) is 14.8. The third-order valence-corrected chi connectivity index (χ3v) is 4.55. The van der Waals surface area contributed by atoms with Crippen molar-refractivity contribution in [3.05, 3.63) is 0 Å². The van der Waals surface area contributed by atoms with Gasteiger partial charge < -0.3 is 10.0 Å². The summed E-state index contributed by atoms with van der Waals surface area (Å²) in [4.78, 5) is 16.5. The van der Waals surface area contributed by atoms with Crippen LogP contribution in [0.2, 0.25) is 0 Å². The van der Waals surface area contributed by atoms with Crippen LogP contribution in [0.5, 0.6) is 0 Å². The van der Waals surface area contributed by atoms with Crippen molar-refractivity contribution in [2.45, 2.75) is 58.1 Å². The SMILES string of the molecule is CC(O)CN1CCN(C(=O)CCC2CCC2)C(C)C1. The average molecular weight is 268 g/mol. The average Bonchev–Trinajstić information content (AvgIpc) is 2.25. The van der Waals surface area contributed by atoms with Gasteiger partial charge in [0.15, 0.2) is 0 Å². The molecule has 1 saturated carbocycles. The highest BCUT2D eigenvalue weighted by Gasteiger charge is 2.28. The summed E-state index contributed by atoms with van der Waals surface area (Å²) in [5, 5.41) is 9.42. The van der Waals surface area contributed by atoms with Crippen LogP contribution in [0.3, 0.4) is 0 Å². The smallest absolute Gasteiger partial charge is 0.222 e. The second-order valence-corrected chi connectivity index (χ2v) is 6.38. The summed E-state index contributed by atoms with van der Waals surface area (Å²) >= 11 is 0. The molecule has 2 unspecified atom stereocenters. The number of nitrogens with zero attached hydrogens (tertiary/aromatic N) is 2. The molecule has 2 atom stereocenters. The fourth-order valence-corrected chi connectivity index (χ4v) is 3.20. The molecule has 0 aromatic heterocycles. The Morgan fingerprint density at radius 3 is 2.63 bits per heavy atom. The predicted molar refractivity (Wildman–Crippen MR) is 75.9 cm³/mol. The Labute approximate surface area is 116 Å². The van der Waals surface area contributed by atoms with Crippen molar-refractivity contribution in [1.29, 1.82) is 0 Å². The number of carbonyl (C=O) groups is 1. The fourth-order valence-electron chi connectivity index (χ4n) is 3.20. The van der Waals surface area contributed by atoms with Crippen LogP contribution in [0, 0.1) is 5.92 Å². The molecular weight excluding hydrogens is 240 g/mol. The van der Waals surface area contributed by atoms with Gasteiger partial charge in [-0.3, -0.25) is 9.69 Å². The van der Waals surface area contributed by atoms with E-state index in [1.807, 2.05) is 11.8 Å².